The number of hydrogen-bond donors (Lipinski definition) is 1. The molecule has 25 heavy (non-hydrogen) atoms. The predicted molar refractivity (Wildman–Crippen MR) is 103 cm³/mol. The van der Waals surface area contributed by atoms with Crippen LogP contribution in [-0.4, -0.2) is 17.5 Å². The highest BCUT2D eigenvalue weighted by molar-refractivity contribution is 6.07. The number of ether oxygens (including phenoxy) is 1. The molecule has 0 saturated carbocycles. The fourth-order valence-electron chi connectivity index (χ4n) is 2.79. The van der Waals surface area contributed by atoms with Gasteiger partial charge in [0.05, 0.1) is 12.3 Å². The van der Waals surface area contributed by atoms with Gasteiger partial charge in [0.1, 0.15) is 11.3 Å². The topological polar surface area (TPSA) is 51.2 Å². The van der Waals surface area contributed by atoms with E-state index in [1.165, 1.54) is 0 Å². The normalized spacial score (nSPS) is 10.6. The van der Waals surface area contributed by atoms with Gasteiger partial charge in [0.2, 0.25) is 0 Å². The Labute approximate surface area is 150 Å². The summed E-state index contributed by atoms with van der Waals surface area (Å²) in [7, 11) is 0. The van der Waals surface area contributed by atoms with Crippen LogP contribution in [-0.2, 0) is 0 Å². The van der Waals surface area contributed by atoms with Gasteiger partial charge < -0.3 is 10.1 Å². The summed E-state index contributed by atoms with van der Waals surface area (Å²) in [5.74, 6) is 0.438. The summed E-state index contributed by atoms with van der Waals surface area (Å²) in [5, 5.41) is 3.01. The number of hydrogen-bond acceptors (Lipinski definition) is 3. The number of pyridine rings is 1. The number of nitrogens with zero attached hydrogens (tertiary/aromatic N) is 1. The first-order valence-corrected chi connectivity index (χ1v) is 8.92. The summed E-state index contributed by atoms with van der Waals surface area (Å²) < 4.78 is 5.91. The SMILES string of the molecule is CCCCCOc1cc(C)nc(C)c1C(=O)Nc1cccc(C)c1C. The smallest absolute Gasteiger partial charge is 0.261 e. The fourth-order valence-corrected chi connectivity index (χ4v) is 2.79. The minimum absolute atomic E-state index is 0.177. The lowest BCUT2D eigenvalue weighted by Gasteiger charge is -2.16. The first-order chi connectivity index (χ1) is 11.9. The number of carbonyl (C=O) groups is 1. The Kier molecular flexibility index (Phi) is 6.57. The van der Waals surface area contributed by atoms with E-state index in [0.29, 0.717) is 23.6 Å². The second-order valence-corrected chi connectivity index (χ2v) is 6.48. The van der Waals surface area contributed by atoms with Gasteiger partial charge in [-0.15, -0.1) is 0 Å². The monoisotopic (exact) mass is 340 g/mol. The average molecular weight is 340 g/mol. The minimum Gasteiger partial charge on any atom is -0.493 e. The van der Waals surface area contributed by atoms with Crippen molar-refractivity contribution < 1.29 is 9.53 Å². The van der Waals surface area contributed by atoms with Gasteiger partial charge in [0.15, 0.2) is 0 Å². The lowest BCUT2D eigenvalue weighted by molar-refractivity contribution is 0.102. The maximum absolute atomic E-state index is 12.9. The van der Waals surface area contributed by atoms with E-state index >= 15 is 0 Å². The lowest BCUT2D eigenvalue weighted by Crippen LogP contribution is -2.17. The number of nitrogens with one attached hydrogen (secondary N) is 1. The van der Waals surface area contributed by atoms with Crippen LogP contribution in [0, 0.1) is 27.7 Å². The third-order valence-electron chi connectivity index (χ3n) is 4.38. The number of carbonyl (C=O) groups excluding carboxylic acids is 1. The first kappa shape index (κ1) is 19.0. The van der Waals surface area contributed by atoms with E-state index in [4.69, 9.17) is 4.74 Å². The van der Waals surface area contributed by atoms with Crippen LogP contribution in [0.5, 0.6) is 5.75 Å². The van der Waals surface area contributed by atoms with Crippen molar-refractivity contribution >= 4 is 11.6 Å². The molecule has 1 heterocycles. The van der Waals surface area contributed by atoms with E-state index in [0.717, 1.165) is 41.8 Å². The van der Waals surface area contributed by atoms with Crippen molar-refractivity contribution in [3.8, 4) is 5.75 Å². The molecule has 4 nitrogen and oxygen atoms in total. The standard InChI is InChI=1S/C21H28N2O2/c1-6-7-8-12-25-19-13-15(3)22-17(5)20(19)21(24)23-18-11-9-10-14(2)16(18)4/h9-11,13H,6-8,12H2,1-5H3,(H,23,24). The molecule has 0 aliphatic heterocycles. The van der Waals surface area contributed by atoms with Crippen LogP contribution in [0.1, 0.15) is 59.1 Å². The van der Waals surface area contributed by atoms with Gasteiger partial charge in [-0.2, -0.15) is 0 Å². The third-order valence-corrected chi connectivity index (χ3v) is 4.38. The number of rotatable bonds is 7. The van der Waals surface area contributed by atoms with E-state index in [1.807, 2.05) is 52.0 Å². The molecule has 1 N–H and O–H groups in total. The Hall–Kier alpha value is -2.36. The molecule has 1 aromatic carbocycles. The van der Waals surface area contributed by atoms with Crippen molar-refractivity contribution in [2.45, 2.75) is 53.9 Å². The number of unbranched alkanes of at least 4 members (excludes halogenated alkanes) is 2. The van der Waals surface area contributed by atoms with Crippen LogP contribution in [0.2, 0.25) is 0 Å². The number of amides is 1. The van der Waals surface area contributed by atoms with Crippen LogP contribution in [0.25, 0.3) is 0 Å². The number of benzene rings is 1. The molecule has 0 unspecified atom stereocenters. The van der Waals surface area contributed by atoms with Gasteiger partial charge in [0, 0.05) is 17.4 Å². The first-order valence-electron chi connectivity index (χ1n) is 8.92. The maximum Gasteiger partial charge on any atom is 0.261 e. The Morgan fingerprint density at radius 3 is 2.64 bits per heavy atom. The van der Waals surface area contributed by atoms with Crippen LogP contribution < -0.4 is 10.1 Å². The molecule has 0 saturated heterocycles. The van der Waals surface area contributed by atoms with E-state index in [2.05, 4.69) is 17.2 Å². The molecule has 0 aliphatic rings. The summed E-state index contributed by atoms with van der Waals surface area (Å²) in [4.78, 5) is 17.3. The highest BCUT2D eigenvalue weighted by atomic mass is 16.5. The molecule has 0 fully saturated rings. The Balaban J connectivity index is 2.26. The average Bonchev–Trinajstić information content (AvgIpc) is 2.55. The highest BCUT2D eigenvalue weighted by Gasteiger charge is 2.18. The van der Waals surface area contributed by atoms with Crippen molar-refractivity contribution in [3.05, 3.63) is 52.3 Å². The second-order valence-electron chi connectivity index (χ2n) is 6.48. The van der Waals surface area contributed by atoms with Gasteiger partial charge in [0.25, 0.3) is 5.91 Å². The fraction of sp³-hybridized carbons (Fsp3) is 0.429. The minimum atomic E-state index is -0.177. The zero-order valence-electron chi connectivity index (χ0n) is 15.9. The van der Waals surface area contributed by atoms with E-state index in [9.17, 15) is 4.79 Å². The van der Waals surface area contributed by atoms with E-state index in [-0.39, 0.29) is 5.91 Å². The maximum atomic E-state index is 12.9. The van der Waals surface area contributed by atoms with Crippen molar-refractivity contribution in [2.24, 2.45) is 0 Å². The van der Waals surface area contributed by atoms with Gasteiger partial charge in [-0.1, -0.05) is 31.9 Å². The molecule has 134 valence electrons. The van der Waals surface area contributed by atoms with Crippen molar-refractivity contribution in [1.29, 1.82) is 0 Å². The van der Waals surface area contributed by atoms with Crippen molar-refractivity contribution in [2.75, 3.05) is 11.9 Å². The summed E-state index contributed by atoms with van der Waals surface area (Å²) in [6.07, 6.45) is 3.24. The molecule has 4 heteroatoms. The van der Waals surface area contributed by atoms with Crippen molar-refractivity contribution in [1.82, 2.24) is 4.98 Å². The zero-order chi connectivity index (χ0) is 18.4. The Bertz CT molecular complexity index is 754. The Morgan fingerprint density at radius 2 is 1.92 bits per heavy atom. The molecule has 1 amide bonds. The molecular weight excluding hydrogens is 312 g/mol. The van der Waals surface area contributed by atoms with E-state index < -0.39 is 0 Å². The third kappa shape index (κ3) is 4.81. The predicted octanol–water partition coefficient (Wildman–Crippen LogP) is 5.14. The molecule has 0 radical (unpaired) electrons. The van der Waals surface area contributed by atoms with Crippen LogP contribution in [0.3, 0.4) is 0 Å². The lowest BCUT2D eigenvalue weighted by atomic mass is 10.1. The molecule has 1 aromatic heterocycles. The van der Waals surface area contributed by atoms with Gasteiger partial charge in [-0.25, -0.2) is 0 Å². The quantitative estimate of drug-likeness (QED) is 0.710. The summed E-state index contributed by atoms with van der Waals surface area (Å²) in [6.45, 7) is 10.6. The molecule has 2 aromatic rings. The number of aromatic nitrogens is 1. The van der Waals surface area contributed by atoms with Gasteiger partial charge in [-0.3, -0.25) is 9.78 Å². The summed E-state index contributed by atoms with van der Waals surface area (Å²) in [6, 6.07) is 7.74. The van der Waals surface area contributed by atoms with E-state index in [1.54, 1.807) is 0 Å². The van der Waals surface area contributed by atoms with Crippen LogP contribution in [0.4, 0.5) is 5.69 Å². The van der Waals surface area contributed by atoms with Crippen molar-refractivity contribution in [3.63, 3.8) is 0 Å². The molecule has 0 atom stereocenters. The summed E-state index contributed by atoms with van der Waals surface area (Å²) >= 11 is 0. The van der Waals surface area contributed by atoms with Crippen LogP contribution >= 0.6 is 0 Å². The Morgan fingerprint density at radius 1 is 1.16 bits per heavy atom. The largest absolute Gasteiger partial charge is 0.493 e. The second kappa shape index (κ2) is 8.65. The number of aryl methyl sites for hydroxylation is 3. The summed E-state index contributed by atoms with van der Waals surface area (Å²) in [5.41, 5.74) is 5.09. The zero-order valence-corrected chi connectivity index (χ0v) is 15.9. The van der Waals surface area contributed by atoms with Gasteiger partial charge in [-0.05, 0) is 51.3 Å². The van der Waals surface area contributed by atoms with Gasteiger partial charge >= 0.3 is 0 Å². The molecule has 0 bridgehead atoms. The molecule has 0 aliphatic carbocycles. The molecule has 2 rings (SSSR count). The highest BCUT2D eigenvalue weighted by Crippen LogP contribution is 2.25. The molecular formula is C21H28N2O2. The molecule has 0 spiro atoms. The number of anilines is 1. The van der Waals surface area contributed by atoms with Crippen LogP contribution in [0.15, 0.2) is 24.3 Å².